The molecule has 0 aromatic carbocycles. The normalized spacial score (nSPS) is 15.2. The Morgan fingerprint density at radius 1 is 1.47 bits per heavy atom. The molecular formula is C10H19N3O2. The molecule has 1 aromatic heterocycles. The minimum absolute atomic E-state index is 0.0996. The van der Waals surface area contributed by atoms with E-state index in [1.807, 2.05) is 20.9 Å². The molecule has 5 heteroatoms. The van der Waals surface area contributed by atoms with Crippen molar-refractivity contribution in [3.05, 3.63) is 11.7 Å². The maximum Gasteiger partial charge on any atom is 0.228 e. The van der Waals surface area contributed by atoms with Gasteiger partial charge >= 0.3 is 0 Å². The summed E-state index contributed by atoms with van der Waals surface area (Å²) in [5.74, 6) is 1.27. The van der Waals surface area contributed by atoms with Gasteiger partial charge in [0.1, 0.15) is 6.10 Å². The van der Waals surface area contributed by atoms with Crippen molar-refractivity contribution in [3.8, 4) is 0 Å². The zero-order chi connectivity index (χ0) is 11.3. The van der Waals surface area contributed by atoms with Gasteiger partial charge in [-0.1, -0.05) is 5.16 Å². The molecule has 0 aliphatic rings. The van der Waals surface area contributed by atoms with Crippen LogP contribution in [0.3, 0.4) is 0 Å². The van der Waals surface area contributed by atoms with Gasteiger partial charge in [0.15, 0.2) is 5.82 Å². The molecule has 1 aromatic rings. The van der Waals surface area contributed by atoms with E-state index in [9.17, 15) is 0 Å². The van der Waals surface area contributed by atoms with Crippen LogP contribution in [0.5, 0.6) is 0 Å². The molecule has 0 fully saturated rings. The van der Waals surface area contributed by atoms with E-state index in [1.165, 1.54) is 0 Å². The second-order valence-corrected chi connectivity index (χ2v) is 3.54. The minimum atomic E-state index is -0.0996. The van der Waals surface area contributed by atoms with Crippen molar-refractivity contribution in [2.24, 2.45) is 0 Å². The van der Waals surface area contributed by atoms with E-state index < -0.39 is 0 Å². The van der Waals surface area contributed by atoms with Crippen molar-refractivity contribution >= 4 is 0 Å². The molecule has 2 atom stereocenters. The van der Waals surface area contributed by atoms with Gasteiger partial charge in [0.25, 0.3) is 0 Å². The van der Waals surface area contributed by atoms with Crippen molar-refractivity contribution in [1.82, 2.24) is 15.5 Å². The van der Waals surface area contributed by atoms with Crippen molar-refractivity contribution in [2.75, 3.05) is 13.7 Å². The highest BCUT2D eigenvalue weighted by Crippen LogP contribution is 2.13. The third-order valence-corrected chi connectivity index (χ3v) is 2.24. The van der Waals surface area contributed by atoms with Crippen LogP contribution in [0.15, 0.2) is 4.52 Å². The van der Waals surface area contributed by atoms with E-state index in [1.54, 1.807) is 0 Å². The molecule has 0 amide bonds. The van der Waals surface area contributed by atoms with E-state index in [-0.39, 0.29) is 6.10 Å². The Balaban J connectivity index is 2.55. The van der Waals surface area contributed by atoms with Gasteiger partial charge in [0.2, 0.25) is 5.89 Å². The second-order valence-electron chi connectivity index (χ2n) is 3.54. The maximum atomic E-state index is 5.37. The largest absolute Gasteiger partial charge is 0.371 e. The zero-order valence-corrected chi connectivity index (χ0v) is 9.78. The Hall–Kier alpha value is -0.940. The van der Waals surface area contributed by atoms with E-state index in [0.717, 1.165) is 6.42 Å². The number of nitrogens with one attached hydrogen (secondary N) is 1. The topological polar surface area (TPSA) is 60.2 Å². The molecule has 15 heavy (non-hydrogen) atoms. The molecule has 0 aliphatic carbocycles. The van der Waals surface area contributed by atoms with Crippen molar-refractivity contribution in [1.29, 1.82) is 0 Å². The summed E-state index contributed by atoms with van der Waals surface area (Å²) in [6, 6.07) is 0.334. The molecule has 1 rings (SSSR count). The molecule has 2 unspecified atom stereocenters. The van der Waals surface area contributed by atoms with Crippen molar-refractivity contribution < 1.29 is 9.26 Å². The van der Waals surface area contributed by atoms with Gasteiger partial charge in [0.05, 0.1) is 0 Å². The Morgan fingerprint density at radius 3 is 2.80 bits per heavy atom. The van der Waals surface area contributed by atoms with Crippen LogP contribution in [0, 0.1) is 0 Å². The standard InChI is InChI=1S/C10H19N3O2/c1-5-14-8(3)10-12-9(15-13-10)6-7(2)11-4/h7-8,11H,5-6H2,1-4H3. The lowest BCUT2D eigenvalue weighted by molar-refractivity contribution is 0.0683. The van der Waals surface area contributed by atoms with Crippen molar-refractivity contribution in [3.63, 3.8) is 0 Å². The first kappa shape index (κ1) is 12.1. The molecule has 5 nitrogen and oxygen atoms in total. The predicted octanol–water partition coefficient (Wildman–Crippen LogP) is 1.32. The first-order valence-electron chi connectivity index (χ1n) is 5.28. The summed E-state index contributed by atoms with van der Waals surface area (Å²) in [6.07, 6.45) is 0.639. The van der Waals surface area contributed by atoms with E-state index >= 15 is 0 Å². The Labute approximate surface area is 90.2 Å². The lowest BCUT2D eigenvalue weighted by atomic mass is 10.2. The molecule has 0 spiro atoms. The van der Waals surface area contributed by atoms with Crippen LogP contribution >= 0.6 is 0 Å². The minimum Gasteiger partial charge on any atom is -0.371 e. The summed E-state index contributed by atoms with van der Waals surface area (Å²) < 4.78 is 10.5. The zero-order valence-electron chi connectivity index (χ0n) is 9.78. The lowest BCUT2D eigenvalue weighted by Gasteiger charge is -2.06. The highest BCUT2D eigenvalue weighted by Gasteiger charge is 2.14. The Bertz CT molecular complexity index is 288. The van der Waals surface area contributed by atoms with Gasteiger partial charge in [-0.2, -0.15) is 4.98 Å². The number of hydrogen-bond acceptors (Lipinski definition) is 5. The number of aromatic nitrogens is 2. The molecule has 86 valence electrons. The van der Waals surface area contributed by atoms with Gasteiger partial charge in [-0.25, -0.2) is 0 Å². The molecule has 1 heterocycles. The molecule has 0 radical (unpaired) electrons. The average Bonchev–Trinajstić information content (AvgIpc) is 2.66. The molecule has 0 bridgehead atoms. The number of ether oxygens (including phenoxy) is 1. The summed E-state index contributed by atoms with van der Waals surface area (Å²) in [5.41, 5.74) is 0. The van der Waals surface area contributed by atoms with Gasteiger partial charge in [-0.05, 0) is 27.8 Å². The first-order valence-corrected chi connectivity index (χ1v) is 5.28. The second kappa shape index (κ2) is 5.82. The van der Waals surface area contributed by atoms with Crippen LogP contribution in [-0.4, -0.2) is 29.8 Å². The van der Waals surface area contributed by atoms with Crippen LogP contribution in [0.1, 0.15) is 38.6 Å². The number of hydrogen-bond donors (Lipinski definition) is 1. The van der Waals surface area contributed by atoms with Crippen LogP contribution in [0.2, 0.25) is 0 Å². The monoisotopic (exact) mass is 213 g/mol. The molecule has 0 saturated carbocycles. The summed E-state index contributed by atoms with van der Waals surface area (Å²) in [6.45, 7) is 6.58. The smallest absolute Gasteiger partial charge is 0.228 e. The van der Waals surface area contributed by atoms with E-state index in [2.05, 4.69) is 22.4 Å². The summed E-state index contributed by atoms with van der Waals surface area (Å²) in [4.78, 5) is 4.27. The fraction of sp³-hybridized carbons (Fsp3) is 0.800. The van der Waals surface area contributed by atoms with Gasteiger partial charge in [0, 0.05) is 19.1 Å². The number of likely N-dealkylation sites (N-methyl/N-ethyl adjacent to an activating group) is 1. The van der Waals surface area contributed by atoms with Gasteiger partial charge in [-0.15, -0.1) is 0 Å². The molecule has 0 aliphatic heterocycles. The SMILES string of the molecule is CCOC(C)c1noc(CC(C)NC)n1. The highest BCUT2D eigenvalue weighted by molar-refractivity contribution is 4.91. The van der Waals surface area contributed by atoms with Crippen LogP contribution in [-0.2, 0) is 11.2 Å². The maximum absolute atomic E-state index is 5.37. The van der Waals surface area contributed by atoms with Crippen molar-refractivity contribution in [2.45, 2.75) is 39.3 Å². The summed E-state index contributed by atoms with van der Waals surface area (Å²) in [7, 11) is 1.91. The lowest BCUT2D eigenvalue weighted by Crippen LogP contribution is -2.23. The summed E-state index contributed by atoms with van der Waals surface area (Å²) in [5, 5.41) is 7.00. The Morgan fingerprint density at radius 2 is 2.20 bits per heavy atom. The fourth-order valence-corrected chi connectivity index (χ4v) is 1.20. The van der Waals surface area contributed by atoms with E-state index in [4.69, 9.17) is 9.26 Å². The fourth-order valence-electron chi connectivity index (χ4n) is 1.20. The number of rotatable bonds is 6. The van der Waals surface area contributed by atoms with E-state index in [0.29, 0.717) is 24.4 Å². The predicted molar refractivity (Wildman–Crippen MR) is 56.6 cm³/mol. The van der Waals surface area contributed by atoms with Gasteiger partial charge in [-0.3, -0.25) is 0 Å². The molecule has 0 saturated heterocycles. The Kier molecular flexibility index (Phi) is 4.71. The van der Waals surface area contributed by atoms with Crippen LogP contribution in [0.4, 0.5) is 0 Å². The highest BCUT2D eigenvalue weighted by atomic mass is 16.5. The molecule has 1 N–H and O–H groups in total. The average molecular weight is 213 g/mol. The quantitative estimate of drug-likeness (QED) is 0.772. The third kappa shape index (κ3) is 3.60. The number of nitrogens with zero attached hydrogens (tertiary/aromatic N) is 2. The van der Waals surface area contributed by atoms with Crippen LogP contribution < -0.4 is 5.32 Å². The molecular weight excluding hydrogens is 194 g/mol. The summed E-state index contributed by atoms with van der Waals surface area (Å²) >= 11 is 0. The first-order chi connectivity index (χ1) is 7.17. The van der Waals surface area contributed by atoms with Crippen LogP contribution in [0.25, 0.3) is 0 Å². The third-order valence-electron chi connectivity index (χ3n) is 2.24. The van der Waals surface area contributed by atoms with Gasteiger partial charge < -0.3 is 14.6 Å².